The van der Waals surface area contributed by atoms with Crippen molar-refractivity contribution in [3.05, 3.63) is 12.2 Å². The van der Waals surface area contributed by atoms with Gasteiger partial charge in [-0.3, -0.25) is 0 Å². The Morgan fingerprint density at radius 3 is 2.67 bits per heavy atom. The lowest BCUT2D eigenvalue weighted by molar-refractivity contribution is -0.114. The van der Waals surface area contributed by atoms with Crippen LogP contribution in [0.1, 0.15) is 0 Å². The molecule has 0 spiro atoms. The molecule has 0 aromatic heterocycles. The first-order valence-electron chi connectivity index (χ1n) is 2.33. The maximum absolute atomic E-state index is 10.00. The SMILES string of the molecule is C=C(C#N)C(C=O)OC. The molecule has 0 aliphatic rings. The average Bonchev–Trinajstić information content (AvgIpc) is 1.90. The van der Waals surface area contributed by atoms with Crippen molar-refractivity contribution in [3.8, 4) is 6.07 Å². The van der Waals surface area contributed by atoms with Gasteiger partial charge in [-0.15, -0.1) is 0 Å². The van der Waals surface area contributed by atoms with Gasteiger partial charge in [0.15, 0.2) is 6.29 Å². The van der Waals surface area contributed by atoms with Crippen LogP contribution in [-0.4, -0.2) is 19.5 Å². The smallest absolute Gasteiger partial charge is 0.154 e. The number of nitrogens with zero attached hydrogens (tertiary/aromatic N) is 1. The highest BCUT2D eigenvalue weighted by Crippen LogP contribution is 1.97. The van der Waals surface area contributed by atoms with Gasteiger partial charge in [-0.25, -0.2) is 0 Å². The topological polar surface area (TPSA) is 50.1 Å². The largest absolute Gasteiger partial charge is 0.368 e. The van der Waals surface area contributed by atoms with E-state index >= 15 is 0 Å². The minimum atomic E-state index is -0.769. The van der Waals surface area contributed by atoms with Crippen molar-refractivity contribution in [1.29, 1.82) is 5.26 Å². The molecule has 48 valence electrons. The number of nitriles is 1. The normalized spacial score (nSPS) is 11.6. The lowest BCUT2D eigenvalue weighted by Gasteiger charge is -2.02. The third-order valence-corrected chi connectivity index (χ3v) is 0.865. The summed E-state index contributed by atoms with van der Waals surface area (Å²) in [7, 11) is 1.35. The van der Waals surface area contributed by atoms with E-state index in [2.05, 4.69) is 11.3 Å². The molecule has 0 aromatic carbocycles. The summed E-state index contributed by atoms with van der Waals surface area (Å²) in [6.07, 6.45) is -0.235. The molecular weight excluding hydrogens is 118 g/mol. The molecule has 0 bridgehead atoms. The fraction of sp³-hybridized carbons (Fsp3) is 0.333. The van der Waals surface area contributed by atoms with Crippen molar-refractivity contribution in [2.45, 2.75) is 6.10 Å². The number of carbonyl (C=O) groups excluding carboxylic acids is 1. The minimum absolute atomic E-state index is 0.132. The first-order valence-corrected chi connectivity index (χ1v) is 2.33. The summed E-state index contributed by atoms with van der Waals surface area (Å²) in [4.78, 5) is 10.00. The Hall–Kier alpha value is -1.14. The van der Waals surface area contributed by atoms with E-state index in [0.29, 0.717) is 6.29 Å². The van der Waals surface area contributed by atoms with Gasteiger partial charge in [0.25, 0.3) is 0 Å². The number of methoxy groups -OCH3 is 1. The molecule has 0 radical (unpaired) electrons. The highest BCUT2D eigenvalue weighted by Gasteiger charge is 2.07. The van der Waals surface area contributed by atoms with Gasteiger partial charge in [-0.1, -0.05) is 6.58 Å². The first kappa shape index (κ1) is 7.86. The lowest BCUT2D eigenvalue weighted by atomic mass is 10.2. The molecule has 0 N–H and O–H groups in total. The molecule has 0 amide bonds. The van der Waals surface area contributed by atoms with Crippen LogP contribution in [0.3, 0.4) is 0 Å². The summed E-state index contributed by atoms with van der Waals surface area (Å²) >= 11 is 0. The Labute approximate surface area is 53.5 Å². The Bertz CT molecular complexity index is 157. The molecule has 0 aliphatic carbocycles. The van der Waals surface area contributed by atoms with Gasteiger partial charge in [-0.05, 0) is 0 Å². The van der Waals surface area contributed by atoms with Crippen molar-refractivity contribution < 1.29 is 9.53 Å². The van der Waals surface area contributed by atoms with Crippen molar-refractivity contribution >= 4 is 6.29 Å². The predicted molar refractivity (Wildman–Crippen MR) is 31.6 cm³/mol. The minimum Gasteiger partial charge on any atom is -0.368 e. The fourth-order valence-electron chi connectivity index (χ4n) is 0.344. The maximum Gasteiger partial charge on any atom is 0.154 e. The molecule has 0 aromatic rings. The monoisotopic (exact) mass is 125 g/mol. The highest BCUT2D eigenvalue weighted by molar-refractivity contribution is 5.63. The van der Waals surface area contributed by atoms with Crippen molar-refractivity contribution in [1.82, 2.24) is 0 Å². The van der Waals surface area contributed by atoms with Crippen LogP contribution in [0.15, 0.2) is 12.2 Å². The highest BCUT2D eigenvalue weighted by atomic mass is 16.5. The molecule has 0 heterocycles. The quantitative estimate of drug-likeness (QED) is 0.402. The van der Waals surface area contributed by atoms with E-state index < -0.39 is 6.10 Å². The molecule has 9 heavy (non-hydrogen) atoms. The summed E-state index contributed by atoms with van der Waals surface area (Å²) in [5.74, 6) is 0. The summed E-state index contributed by atoms with van der Waals surface area (Å²) in [6.45, 7) is 3.30. The van der Waals surface area contributed by atoms with E-state index in [4.69, 9.17) is 5.26 Å². The summed E-state index contributed by atoms with van der Waals surface area (Å²) in [6, 6.07) is 1.72. The van der Waals surface area contributed by atoms with Gasteiger partial charge >= 0.3 is 0 Å². The predicted octanol–water partition coefficient (Wildman–Crippen LogP) is 0.280. The number of rotatable bonds is 3. The third kappa shape index (κ3) is 2.06. The molecule has 0 saturated heterocycles. The summed E-state index contributed by atoms with van der Waals surface area (Å²) in [5.41, 5.74) is 0.132. The first-order chi connectivity index (χ1) is 4.26. The number of carbonyl (C=O) groups is 1. The Morgan fingerprint density at radius 1 is 2.00 bits per heavy atom. The molecule has 1 unspecified atom stereocenters. The molecule has 0 saturated carbocycles. The van der Waals surface area contributed by atoms with E-state index in [-0.39, 0.29) is 5.57 Å². The molecule has 0 aliphatic heterocycles. The van der Waals surface area contributed by atoms with Crippen LogP contribution in [0.5, 0.6) is 0 Å². The van der Waals surface area contributed by atoms with Crippen LogP contribution in [0.2, 0.25) is 0 Å². The van der Waals surface area contributed by atoms with Crippen LogP contribution < -0.4 is 0 Å². The molecule has 3 heteroatoms. The van der Waals surface area contributed by atoms with E-state index in [9.17, 15) is 4.79 Å². The average molecular weight is 125 g/mol. The second-order valence-corrected chi connectivity index (χ2v) is 1.43. The zero-order chi connectivity index (χ0) is 7.28. The summed E-state index contributed by atoms with van der Waals surface area (Å²) < 4.78 is 4.56. The second-order valence-electron chi connectivity index (χ2n) is 1.43. The van der Waals surface area contributed by atoms with Crippen molar-refractivity contribution in [3.63, 3.8) is 0 Å². The Morgan fingerprint density at radius 2 is 2.56 bits per heavy atom. The number of ether oxygens (including phenoxy) is 1. The van der Waals surface area contributed by atoms with Gasteiger partial charge in [0.1, 0.15) is 6.10 Å². The molecular formula is C6H7NO2. The number of hydrogen-bond acceptors (Lipinski definition) is 3. The molecule has 3 nitrogen and oxygen atoms in total. The number of aldehydes is 1. The lowest BCUT2D eigenvalue weighted by Crippen LogP contribution is -2.12. The van der Waals surface area contributed by atoms with Gasteiger partial charge in [0.2, 0.25) is 0 Å². The van der Waals surface area contributed by atoms with Gasteiger partial charge in [-0.2, -0.15) is 5.26 Å². The fourth-order valence-corrected chi connectivity index (χ4v) is 0.344. The van der Waals surface area contributed by atoms with Crippen molar-refractivity contribution in [2.24, 2.45) is 0 Å². The summed E-state index contributed by atoms with van der Waals surface area (Å²) in [5, 5.41) is 8.18. The Kier molecular flexibility index (Phi) is 3.33. The standard InChI is InChI=1S/C6H7NO2/c1-5(3-7)6(4-8)9-2/h4,6H,1H2,2H3. The van der Waals surface area contributed by atoms with Gasteiger partial charge in [0.05, 0.1) is 11.6 Å². The van der Waals surface area contributed by atoms with Crippen LogP contribution in [0, 0.1) is 11.3 Å². The number of hydrogen-bond donors (Lipinski definition) is 0. The van der Waals surface area contributed by atoms with Crippen LogP contribution >= 0.6 is 0 Å². The van der Waals surface area contributed by atoms with Crippen LogP contribution in [0.25, 0.3) is 0 Å². The molecule has 1 atom stereocenters. The Balaban J connectivity index is 3.99. The third-order valence-electron chi connectivity index (χ3n) is 0.865. The maximum atomic E-state index is 10.00. The van der Waals surface area contributed by atoms with E-state index in [1.807, 2.05) is 0 Å². The van der Waals surface area contributed by atoms with E-state index in [0.717, 1.165) is 0 Å². The zero-order valence-corrected chi connectivity index (χ0v) is 5.13. The van der Waals surface area contributed by atoms with Crippen LogP contribution in [-0.2, 0) is 9.53 Å². The molecule has 0 fully saturated rings. The van der Waals surface area contributed by atoms with E-state index in [1.165, 1.54) is 7.11 Å². The van der Waals surface area contributed by atoms with Crippen molar-refractivity contribution in [2.75, 3.05) is 7.11 Å². The van der Waals surface area contributed by atoms with Crippen LogP contribution in [0.4, 0.5) is 0 Å². The molecule has 0 rings (SSSR count). The second kappa shape index (κ2) is 3.81. The zero-order valence-electron chi connectivity index (χ0n) is 5.13. The van der Waals surface area contributed by atoms with Gasteiger partial charge in [0, 0.05) is 7.11 Å². The van der Waals surface area contributed by atoms with E-state index in [1.54, 1.807) is 6.07 Å². The van der Waals surface area contributed by atoms with Gasteiger partial charge < -0.3 is 9.53 Å².